The Morgan fingerprint density at radius 3 is 2.81 bits per heavy atom. The molecule has 0 aliphatic heterocycles. The van der Waals surface area contributed by atoms with Gasteiger partial charge < -0.3 is 14.5 Å². The first-order chi connectivity index (χ1) is 15.1. The second-order valence-corrected chi connectivity index (χ2v) is 7.90. The minimum absolute atomic E-state index is 0.161. The summed E-state index contributed by atoms with van der Waals surface area (Å²) < 4.78 is 12.9. The summed E-state index contributed by atoms with van der Waals surface area (Å²) in [5, 5.41) is 12.7. The Kier molecular flexibility index (Phi) is 6.59. The van der Waals surface area contributed by atoms with Gasteiger partial charge >= 0.3 is 0 Å². The molecule has 158 valence electrons. The van der Waals surface area contributed by atoms with E-state index in [0.29, 0.717) is 34.0 Å². The zero-order valence-electron chi connectivity index (χ0n) is 16.6. The molecule has 0 saturated carbocycles. The summed E-state index contributed by atoms with van der Waals surface area (Å²) >= 11 is 7.27. The number of para-hydroxylation sites is 1. The van der Waals surface area contributed by atoms with E-state index in [4.69, 9.17) is 20.8 Å². The molecule has 0 radical (unpaired) electrons. The van der Waals surface area contributed by atoms with Crippen LogP contribution in [-0.4, -0.2) is 33.5 Å². The highest BCUT2D eigenvalue weighted by atomic mass is 35.5. The largest absolute Gasteiger partial charge is 0.496 e. The number of rotatable bonds is 8. The van der Waals surface area contributed by atoms with Gasteiger partial charge in [0.2, 0.25) is 5.91 Å². The zero-order valence-corrected chi connectivity index (χ0v) is 18.2. The molecular weight excluding hydrogens is 436 g/mol. The lowest BCUT2D eigenvalue weighted by Crippen LogP contribution is -2.14. The molecule has 4 rings (SSSR count). The molecule has 31 heavy (non-hydrogen) atoms. The first-order valence-electron chi connectivity index (χ1n) is 9.41. The summed E-state index contributed by atoms with van der Waals surface area (Å²) in [6, 6.07) is 18.3. The van der Waals surface area contributed by atoms with Crippen LogP contribution in [0, 0.1) is 0 Å². The number of hydrogen-bond acceptors (Lipinski definition) is 6. The van der Waals surface area contributed by atoms with E-state index in [1.54, 1.807) is 37.6 Å². The van der Waals surface area contributed by atoms with Crippen LogP contribution in [0.3, 0.4) is 0 Å². The van der Waals surface area contributed by atoms with Crippen molar-refractivity contribution in [2.45, 2.75) is 11.7 Å². The molecule has 0 spiro atoms. The second kappa shape index (κ2) is 9.72. The third-order valence-electron chi connectivity index (χ3n) is 4.40. The van der Waals surface area contributed by atoms with Gasteiger partial charge in [0.25, 0.3) is 0 Å². The number of furan rings is 1. The summed E-state index contributed by atoms with van der Waals surface area (Å²) in [4.78, 5) is 12.4. The number of hydrogen-bond donors (Lipinski definition) is 1. The normalized spacial score (nSPS) is 10.8. The Morgan fingerprint density at radius 1 is 1.16 bits per heavy atom. The SMILES string of the molecule is COc1ccccc1-c1nnc(SCC(=O)Nc2cccc(Cl)c2)n1Cc1ccco1. The molecule has 9 heteroatoms. The van der Waals surface area contributed by atoms with Crippen LogP contribution in [0.5, 0.6) is 5.75 Å². The van der Waals surface area contributed by atoms with E-state index < -0.39 is 0 Å². The van der Waals surface area contributed by atoms with E-state index in [0.717, 1.165) is 11.3 Å². The molecule has 0 aliphatic carbocycles. The Morgan fingerprint density at radius 2 is 2.03 bits per heavy atom. The first-order valence-corrected chi connectivity index (χ1v) is 10.8. The zero-order chi connectivity index (χ0) is 21.6. The van der Waals surface area contributed by atoms with Crippen molar-refractivity contribution in [3.05, 3.63) is 77.7 Å². The molecule has 1 amide bonds. The molecule has 0 atom stereocenters. The van der Waals surface area contributed by atoms with Gasteiger partial charge in [-0.15, -0.1) is 10.2 Å². The molecule has 0 bridgehead atoms. The molecule has 2 aromatic carbocycles. The summed E-state index contributed by atoms with van der Waals surface area (Å²) in [5.41, 5.74) is 1.45. The lowest BCUT2D eigenvalue weighted by Gasteiger charge is -2.11. The maximum absolute atomic E-state index is 12.4. The average Bonchev–Trinajstić information content (AvgIpc) is 3.43. The molecule has 7 nitrogen and oxygen atoms in total. The Labute approximate surface area is 188 Å². The van der Waals surface area contributed by atoms with Gasteiger partial charge in [-0.2, -0.15) is 0 Å². The van der Waals surface area contributed by atoms with Crippen LogP contribution < -0.4 is 10.1 Å². The highest BCUT2D eigenvalue weighted by molar-refractivity contribution is 7.99. The van der Waals surface area contributed by atoms with E-state index in [1.807, 2.05) is 41.0 Å². The van der Waals surface area contributed by atoms with Gasteiger partial charge in [0, 0.05) is 10.7 Å². The van der Waals surface area contributed by atoms with E-state index in [-0.39, 0.29) is 11.7 Å². The van der Waals surface area contributed by atoms with Gasteiger partial charge in [-0.05, 0) is 42.5 Å². The van der Waals surface area contributed by atoms with Crippen molar-refractivity contribution in [3.63, 3.8) is 0 Å². The van der Waals surface area contributed by atoms with Gasteiger partial charge in [-0.25, -0.2) is 0 Å². The second-order valence-electron chi connectivity index (χ2n) is 6.52. The number of thioether (sulfide) groups is 1. The van der Waals surface area contributed by atoms with Gasteiger partial charge in [-0.3, -0.25) is 9.36 Å². The summed E-state index contributed by atoms with van der Waals surface area (Å²) in [7, 11) is 1.61. The minimum atomic E-state index is -0.168. The van der Waals surface area contributed by atoms with Gasteiger partial charge in [-0.1, -0.05) is 41.6 Å². The molecular formula is C22H19ClN4O3S. The van der Waals surface area contributed by atoms with Crippen LogP contribution in [0.2, 0.25) is 5.02 Å². The first kappa shape index (κ1) is 21.0. The highest BCUT2D eigenvalue weighted by Gasteiger charge is 2.19. The number of amides is 1. The highest BCUT2D eigenvalue weighted by Crippen LogP contribution is 2.31. The number of benzene rings is 2. The number of carbonyl (C=O) groups is 1. The van der Waals surface area contributed by atoms with Crippen molar-refractivity contribution in [1.29, 1.82) is 0 Å². The van der Waals surface area contributed by atoms with Crippen LogP contribution in [0.25, 0.3) is 11.4 Å². The standard InChI is InChI=1S/C22H19ClN4O3S/c1-29-19-10-3-2-9-18(19)21-25-26-22(27(21)13-17-8-5-11-30-17)31-14-20(28)24-16-7-4-6-15(23)12-16/h2-12H,13-14H2,1H3,(H,24,28). The maximum Gasteiger partial charge on any atom is 0.234 e. The van der Waals surface area contributed by atoms with E-state index >= 15 is 0 Å². The lowest BCUT2D eigenvalue weighted by molar-refractivity contribution is -0.113. The van der Waals surface area contributed by atoms with E-state index in [1.165, 1.54) is 11.8 Å². The summed E-state index contributed by atoms with van der Waals surface area (Å²) in [5.74, 6) is 2.06. The Bertz CT molecular complexity index is 1180. The predicted octanol–water partition coefficient (Wildman–Crippen LogP) is 4.98. The van der Waals surface area contributed by atoms with Gasteiger partial charge in [0.05, 0.1) is 31.2 Å². The third kappa shape index (κ3) is 5.10. The Hall–Kier alpha value is -3.23. The topological polar surface area (TPSA) is 82.2 Å². The quantitative estimate of drug-likeness (QED) is 0.378. The Balaban J connectivity index is 1.57. The van der Waals surface area contributed by atoms with Crippen molar-refractivity contribution in [1.82, 2.24) is 14.8 Å². The van der Waals surface area contributed by atoms with Crippen molar-refractivity contribution in [2.24, 2.45) is 0 Å². The molecule has 0 saturated heterocycles. The number of ether oxygens (including phenoxy) is 1. The molecule has 4 aromatic rings. The molecule has 1 N–H and O–H groups in total. The molecule has 2 aromatic heterocycles. The average molecular weight is 455 g/mol. The van der Waals surface area contributed by atoms with Gasteiger partial charge in [0.15, 0.2) is 11.0 Å². The number of halogens is 1. The number of aromatic nitrogens is 3. The maximum atomic E-state index is 12.4. The number of anilines is 1. The number of methoxy groups -OCH3 is 1. The van der Waals surface area contributed by atoms with Crippen LogP contribution >= 0.6 is 23.4 Å². The van der Waals surface area contributed by atoms with E-state index in [9.17, 15) is 4.79 Å². The van der Waals surface area contributed by atoms with Crippen LogP contribution in [0.4, 0.5) is 5.69 Å². The van der Waals surface area contributed by atoms with Gasteiger partial charge in [0.1, 0.15) is 11.5 Å². The van der Waals surface area contributed by atoms with Crippen molar-refractivity contribution in [2.75, 3.05) is 18.2 Å². The summed E-state index contributed by atoms with van der Waals surface area (Å²) in [6.45, 7) is 0.422. The molecule has 0 aliphatic rings. The summed E-state index contributed by atoms with van der Waals surface area (Å²) in [6.07, 6.45) is 1.62. The number of carbonyl (C=O) groups excluding carboxylic acids is 1. The number of nitrogens with one attached hydrogen (secondary N) is 1. The molecule has 2 heterocycles. The monoisotopic (exact) mass is 454 g/mol. The third-order valence-corrected chi connectivity index (χ3v) is 5.60. The lowest BCUT2D eigenvalue weighted by atomic mass is 10.2. The van der Waals surface area contributed by atoms with Crippen molar-refractivity contribution < 1.29 is 13.9 Å². The fourth-order valence-electron chi connectivity index (χ4n) is 3.02. The molecule has 0 fully saturated rings. The van der Waals surface area contributed by atoms with Crippen molar-refractivity contribution >= 4 is 35.0 Å². The smallest absolute Gasteiger partial charge is 0.234 e. The number of nitrogens with zero attached hydrogens (tertiary/aromatic N) is 3. The fraction of sp³-hybridized carbons (Fsp3) is 0.136. The predicted molar refractivity (Wildman–Crippen MR) is 121 cm³/mol. The van der Waals surface area contributed by atoms with Crippen LogP contribution in [0.15, 0.2) is 76.5 Å². The van der Waals surface area contributed by atoms with Crippen LogP contribution in [0.1, 0.15) is 5.76 Å². The van der Waals surface area contributed by atoms with Crippen molar-refractivity contribution in [3.8, 4) is 17.1 Å². The van der Waals surface area contributed by atoms with E-state index in [2.05, 4.69) is 15.5 Å². The van der Waals surface area contributed by atoms with Crippen LogP contribution in [-0.2, 0) is 11.3 Å². The minimum Gasteiger partial charge on any atom is -0.496 e. The fourth-order valence-corrected chi connectivity index (χ4v) is 3.95. The molecule has 0 unspecified atom stereocenters.